The summed E-state index contributed by atoms with van der Waals surface area (Å²) >= 11 is 0. The third-order valence-electron chi connectivity index (χ3n) is 4.74. The van der Waals surface area contributed by atoms with Crippen LogP contribution in [-0.4, -0.2) is 57.0 Å². The van der Waals surface area contributed by atoms with Gasteiger partial charge in [0, 0.05) is 24.8 Å². The predicted octanol–water partition coefficient (Wildman–Crippen LogP) is 1.79. The molecule has 0 aromatic carbocycles. The van der Waals surface area contributed by atoms with Crippen LogP contribution >= 0.6 is 0 Å². The Morgan fingerprint density at radius 3 is 2.38 bits per heavy atom. The molecule has 0 radical (unpaired) electrons. The summed E-state index contributed by atoms with van der Waals surface area (Å²) < 4.78 is 39.1. The number of halogens is 3. The lowest BCUT2D eigenvalue weighted by Gasteiger charge is -2.39. The van der Waals surface area contributed by atoms with Crippen LogP contribution in [0.3, 0.4) is 0 Å². The van der Waals surface area contributed by atoms with E-state index in [1.807, 2.05) is 0 Å². The predicted molar refractivity (Wildman–Crippen MR) is 75.8 cm³/mol. The van der Waals surface area contributed by atoms with Crippen molar-refractivity contribution < 1.29 is 27.9 Å². The molecule has 3 rings (SSSR count). The van der Waals surface area contributed by atoms with Crippen LogP contribution in [0.5, 0.6) is 0 Å². The molecule has 1 amide bonds. The molecule has 132 valence electrons. The fourth-order valence-corrected chi connectivity index (χ4v) is 3.40. The summed E-state index contributed by atoms with van der Waals surface area (Å²) in [5.41, 5.74) is -2.57. The summed E-state index contributed by atoms with van der Waals surface area (Å²) in [6.07, 6.45) is -0.895. The standard InChI is InChI=1S/C14H17F3N4O3/c15-14(16,17)9-8-21(19-10(9)11(22)23)12(24)20-6-3-13(4-7-20)2-1-5-18-13/h8,18H,1-7H2,(H,22,23). The number of aromatic nitrogens is 2. The second kappa shape index (κ2) is 5.76. The van der Waals surface area contributed by atoms with Crippen LogP contribution in [-0.2, 0) is 6.18 Å². The van der Waals surface area contributed by atoms with Gasteiger partial charge in [0.1, 0.15) is 5.56 Å². The Hall–Kier alpha value is -2.10. The molecule has 1 aromatic rings. The van der Waals surface area contributed by atoms with Crippen LogP contribution < -0.4 is 5.32 Å². The van der Waals surface area contributed by atoms with Crippen molar-refractivity contribution in [3.05, 3.63) is 17.5 Å². The largest absolute Gasteiger partial charge is 0.476 e. The van der Waals surface area contributed by atoms with E-state index in [1.165, 1.54) is 4.90 Å². The number of carboxylic acids is 1. The number of nitrogens with zero attached hydrogens (tertiary/aromatic N) is 3. The molecule has 0 saturated carbocycles. The number of amides is 1. The minimum atomic E-state index is -4.88. The molecule has 0 aliphatic carbocycles. The van der Waals surface area contributed by atoms with Gasteiger partial charge in [-0.05, 0) is 32.2 Å². The number of carbonyl (C=O) groups excluding carboxylic acids is 1. The lowest BCUT2D eigenvalue weighted by molar-refractivity contribution is -0.138. The molecule has 24 heavy (non-hydrogen) atoms. The van der Waals surface area contributed by atoms with Crippen molar-refractivity contribution in [1.82, 2.24) is 20.0 Å². The highest BCUT2D eigenvalue weighted by molar-refractivity contribution is 5.88. The number of nitrogens with one attached hydrogen (secondary N) is 1. The molecule has 1 spiro atoms. The first kappa shape index (κ1) is 16.7. The van der Waals surface area contributed by atoms with Gasteiger partial charge in [0.25, 0.3) is 0 Å². The van der Waals surface area contributed by atoms with Gasteiger partial charge in [-0.2, -0.15) is 23.0 Å². The summed E-state index contributed by atoms with van der Waals surface area (Å²) in [4.78, 5) is 24.7. The second-order valence-electron chi connectivity index (χ2n) is 6.22. The molecular weight excluding hydrogens is 329 g/mol. The lowest BCUT2D eigenvalue weighted by Crippen LogP contribution is -2.52. The summed E-state index contributed by atoms with van der Waals surface area (Å²) in [6.45, 7) is 1.73. The van der Waals surface area contributed by atoms with Crippen molar-refractivity contribution in [3.8, 4) is 0 Å². The Bertz CT molecular complexity index is 655. The van der Waals surface area contributed by atoms with Gasteiger partial charge >= 0.3 is 18.2 Å². The number of carbonyl (C=O) groups is 2. The van der Waals surface area contributed by atoms with Gasteiger partial charge < -0.3 is 15.3 Å². The molecule has 1 aromatic heterocycles. The van der Waals surface area contributed by atoms with Crippen LogP contribution in [0.1, 0.15) is 41.7 Å². The number of carboxylic acid groups (broad SMARTS) is 1. The van der Waals surface area contributed by atoms with Crippen molar-refractivity contribution in [2.75, 3.05) is 19.6 Å². The fraction of sp³-hybridized carbons (Fsp3) is 0.643. The van der Waals surface area contributed by atoms with E-state index in [0.717, 1.165) is 32.2 Å². The number of aromatic carboxylic acids is 1. The fourth-order valence-electron chi connectivity index (χ4n) is 3.40. The van der Waals surface area contributed by atoms with Crippen molar-refractivity contribution in [1.29, 1.82) is 0 Å². The summed E-state index contributed by atoms with van der Waals surface area (Å²) in [5, 5.41) is 15.6. The molecule has 2 aliphatic heterocycles. The Kier molecular flexibility index (Phi) is 4.02. The Labute approximate surface area is 135 Å². The summed E-state index contributed by atoms with van der Waals surface area (Å²) in [7, 11) is 0. The molecule has 0 atom stereocenters. The van der Waals surface area contributed by atoms with Crippen molar-refractivity contribution in [2.45, 2.75) is 37.4 Å². The van der Waals surface area contributed by atoms with Crippen LogP contribution in [0.2, 0.25) is 0 Å². The SMILES string of the molecule is O=C(O)c1nn(C(=O)N2CCC3(CCCN3)CC2)cc1C(F)(F)F. The molecule has 0 unspecified atom stereocenters. The maximum Gasteiger partial charge on any atom is 0.420 e. The molecule has 10 heteroatoms. The van der Waals surface area contributed by atoms with E-state index in [1.54, 1.807) is 0 Å². The normalized spacial score (nSPS) is 20.5. The van der Waals surface area contributed by atoms with Gasteiger partial charge in [-0.1, -0.05) is 0 Å². The molecule has 2 fully saturated rings. The van der Waals surface area contributed by atoms with Crippen LogP contribution in [0, 0.1) is 0 Å². The molecule has 2 aliphatic rings. The second-order valence-corrected chi connectivity index (χ2v) is 6.22. The highest BCUT2D eigenvalue weighted by atomic mass is 19.4. The van der Waals surface area contributed by atoms with Crippen molar-refractivity contribution in [2.24, 2.45) is 0 Å². The topological polar surface area (TPSA) is 87.5 Å². The highest BCUT2D eigenvalue weighted by Crippen LogP contribution is 2.33. The van der Waals surface area contributed by atoms with Crippen molar-refractivity contribution in [3.63, 3.8) is 0 Å². The van der Waals surface area contributed by atoms with Crippen LogP contribution in [0.25, 0.3) is 0 Å². The lowest BCUT2D eigenvalue weighted by atomic mass is 9.86. The minimum Gasteiger partial charge on any atom is -0.476 e. The average molecular weight is 346 g/mol. The third kappa shape index (κ3) is 2.97. The van der Waals surface area contributed by atoms with Gasteiger partial charge in [0.15, 0.2) is 5.69 Å². The zero-order chi connectivity index (χ0) is 17.5. The smallest absolute Gasteiger partial charge is 0.420 e. The Balaban J connectivity index is 1.77. The maximum absolute atomic E-state index is 12.9. The monoisotopic (exact) mass is 346 g/mol. The molecule has 3 heterocycles. The number of likely N-dealkylation sites (tertiary alicyclic amines) is 1. The van der Waals surface area contributed by atoms with Crippen LogP contribution in [0.4, 0.5) is 18.0 Å². The van der Waals surface area contributed by atoms with Crippen molar-refractivity contribution >= 4 is 12.0 Å². The average Bonchev–Trinajstić information content (AvgIpc) is 3.14. The number of hydrogen-bond acceptors (Lipinski definition) is 4. The first-order valence-electron chi connectivity index (χ1n) is 7.66. The molecule has 2 saturated heterocycles. The van der Waals surface area contributed by atoms with Gasteiger partial charge in [-0.3, -0.25) is 0 Å². The van der Waals surface area contributed by atoms with E-state index >= 15 is 0 Å². The number of piperidine rings is 1. The first-order valence-corrected chi connectivity index (χ1v) is 7.66. The van der Waals surface area contributed by atoms with Crippen LogP contribution in [0.15, 0.2) is 6.20 Å². The Morgan fingerprint density at radius 2 is 1.92 bits per heavy atom. The first-order chi connectivity index (χ1) is 11.2. The molecular formula is C14H17F3N4O3. The van der Waals surface area contributed by atoms with E-state index in [9.17, 15) is 22.8 Å². The zero-order valence-electron chi connectivity index (χ0n) is 12.8. The Morgan fingerprint density at radius 1 is 1.25 bits per heavy atom. The molecule has 2 N–H and O–H groups in total. The molecule has 0 bridgehead atoms. The van der Waals surface area contributed by atoms with Gasteiger partial charge in [-0.25, -0.2) is 9.59 Å². The summed E-state index contributed by atoms with van der Waals surface area (Å²) in [5.74, 6) is -1.82. The third-order valence-corrected chi connectivity index (χ3v) is 4.74. The minimum absolute atomic E-state index is 0.0181. The maximum atomic E-state index is 12.9. The van der Waals surface area contributed by atoms with E-state index < -0.39 is 29.4 Å². The summed E-state index contributed by atoms with van der Waals surface area (Å²) in [6, 6.07) is -0.735. The van der Waals surface area contributed by atoms with E-state index in [0.29, 0.717) is 24.0 Å². The van der Waals surface area contributed by atoms with E-state index in [4.69, 9.17) is 5.11 Å². The van der Waals surface area contributed by atoms with Gasteiger partial charge in [0.2, 0.25) is 0 Å². The van der Waals surface area contributed by atoms with E-state index in [2.05, 4.69) is 10.4 Å². The van der Waals surface area contributed by atoms with Gasteiger partial charge in [-0.15, -0.1) is 0 Å². The number of hydrogen-bond donors (Lipinski definition) is 2. The van der Waals surface area contributed by atoms with E-state index in [-0.39, 0.29) is 5.54 Å². The number of alkyl halides is 3. The number of rotatable bonds is 1. The quantitative estimate of drug-likeness (QED) is 0.809. The van der Waals surface area contributed by atoms with Gasteiger partial charge in [0.05, 0.1) is 0 Å². The highest BCUT2D eigenvalue weighted by Gasteiger charge is 2.41. The zero-order valence-corrected chi connectivity index (χ0v) is 12.8. The molecule has 7 nitrogen and oxygen atoms in total.